The van der Waals surface area contributed by atoms with Crippen molar-refractivity contribution in [2.24, 2.45) is 0 Å². The number of nitrogens with one attached hydrogen (secondary N) is 3. The van der Waals surface area contributed by atoms with Gasteiger partial charge in [0.2, 0.25) is 0 Å². The van der Waals surface area contributed by atoms with Gasteiger partial charge in [-0.2, -0.15) is 5.26 Å². The van der Waals surface area contributed by atoms with Crippen LogP contribution in [-0.2, 0) is 0 Å². The third-order valence-corrected chi connectivity index (χ3v) is 5.88. The molecular formula is C22H29N9O. The molecule has 2 aromatic heterocycles. The Labute approximate surface area is 187 Å². The predicted octanol–water partition coefficient (Wildman–Crippen LogP) is 2.45. The molecule has 0 bridgehead atoms. The van der Waals surface area contributed by atoms with Crippen LogP contribution in [0.15, 0.2) is 18.5 Å². The number of nitriles is 1. The van der Waals surface area contributed by atoms with Crippen LogP contribution >= 0.6 is 0 Å². The predicted molar refractivity (Wildman–Crippen MR) is 121 cm³/mol. The lowest BCUT2D eigenvalue weighted by Gasteiger charge is -2.27. The minimum absolute atomic E-state index is 0.0831. The number of carbonyl (C=O) groups is 1. The highest BCUT2D eigenvalue weighted by Crippen LogP contribution is 2.22. The van der Waals surface area contributed by atoms with Crippen molar-refractivity contribution in [3.63, 3.8) is 0 Å². The van der Waals surface area contributed by atoms with Crippen molar-refractivity contribution in [1.82, 2.24) is 30.4 Å². The van der Waals surface area contributed by atoms with Gasteiger partial charge in [0, 0.05) is 31.7 Å². The Hall–Kier alpha value is -3.32. The van der Waals surface area contributed by atoms with Crippen LogP contribution in [-0.4, -0.2) is 63.2 Å². The Morgan fingerprint density at radius 2 is 2.00 bits per heavy atom. The van der Waals surface area contributed by atoms with Gasteiger partial charge in [0.25, 0.3) is 5.91 Å². The first-order valence-electron chi connectivity index (χ1n) is 11.4. The summed E-state index contributed by atoms with van der Waals surface area (Å²) in [6.45, 7) is 3.32. The number of carbonyl (C=O) groups excluding carboxylic acids is 1. The molecule has 2 aliphatic rings. The van der Waals surface area contributed by atoms with Gasteiger partial charge in [0.05, 0.1) is 18.1 Å². The monoisotopic (exact) mass is 435 g/mol. The van der Waals surface area contributed by atoms with E-state index in [2.05, 4.69) is 36.1 Å². The molecule has 0 aliphatic carbocycles. The van der Waals surface area contributed by atoms with Gasteiger partial charge in [-0.25, -0.2) is 9.97 Å². The number of nitrogens with zero attached hydrogens (tertiary/aromatic N) is 6. The molecule has 3 N–H and O–H groups in total. The highest BCUT2D eigenvalue weighted by atomic mass is 16.2. The first-order chi connectivity index (χ1) is 15.7. The Morgan fingerprint density at radius 1 is 1.12 bits per heavy atom. The molecule has 0 radical (unpaired) electrons. The number of aromatic nitrogens is 4. The molecule has 168 valence electrons. The number of rotatable bonds is 7. The normalized spacial score (nSPS) is 18.6. The maximum absolute atomic E-state index is 13.1. The number of hydrogen-bond acceptors (Lipinski definition) is 9. The molecule has 2 aliphatic heterocycles. The zero-order valence-electron chi connectivity index (χ0n) is 18.2. The molecule has 2 aromatic rings. The highest BCUT2D eigenvalue weighted by Gasteiger charge is 2.23. The van der Waals surface area contributed by atoms with E-state index in [0.717, 1.165) is 51.9 Å². The smallest absolute Gasteiger partial charge is 0.276 e. The summed E-state index contributed by atoms with van der Waals surface area (Å²) in [5.41, 5.74) is 1.25. The van der Waals surface area contributed by atoms with Crippen molar-refractivity contribution in [3.8, 4) is 6.07 Å². The topological polar surface area (TPSA) is 132 Å². The van der Waals surface area contributed by atoms with E-state index < -0.39 is 0 Å². The summed E-state index contributed by atoms with van der Waals surface area (Å²) in [6, 6.07) is 4.23. The fourth-order valence-electron chi connectivity index (χ4n) is 4.13. The summed E-state index contributed by atoms with van der Waals surface area (Å²) >= 11 is 0. The second-order valence-corrected chi connectivity index (χ2v) is 8.23. The number of anilines is 3. The van der Waals surface area contributed by atoms with Crippen LogP contribution in [0.25, 0.3) is 0 Å². The van der Waals surface area contributed by atoms with E-state index in [1.165, 1.54) is 31.7 Å². The number of piperidine rings is 2. The Kier molecular flexibility index (Phi) is 7.40. The molecule has 0 aromatic carbocycles. The average molecular weight is 436 g/mol. The molecule has 1 unspecified atom stereocenters. The van der Waals surface area contributed by atoms with Crippen LogP contribution in [0.4, 0.5) is 17.3 Å². The first-order valence-corrected chi connectivity index (χ1v) is 11.4. The van der Waals surface area contributed by atoms with Gasteiger partial charge in [0.1, 0.15) is 11.9 Å². The van der Waals surface area contributed by atoms with Crippen molar-refractivity contribution in [2.75, 3.05) is 36.8 Å². The van der Waals surface area contributed by atoms with Crippen molar-refractivity contribution >= 4 is 23.2 Å². The van der Waals surface area contributed by atoms with Crippen LogP contribution in [0.2, 0.25) is 0 Å². The molecule has 1 atom stereocenters. The third kappa shape index (κ3) is 5.68. The van der Waals surface area contributed by atoms with Crippen LogP contribution in [0.3, 0.4) is 0 Å². The van der Waals surface area contributed by atoms with Gasteiger partial charge in [-0.15, -0.1) is 10.2 Å². The number of amides is 1. The van der Waals surface area contributed by atoms with E-state index in [0.29, 0.717) is 29.1 Å². The van der Waals surface area contributed by atoms with E-state index >= 15 is 0 Å². The Morgan fingerprint density at radius 3 is 2.72 bits per heavy atom. The van der Waals surface area contributed by atoms with Crippen molar-refractivity contribution in [2.45, 2.75) is 51.0 Å². The largest absolute Gasteiger partial charge is 0.383 e. The minimum atomic E-state index is -0.0831. The zero-order valence-corrected chi connectivity index (χ0v) is 18.2. The lowest BCUT2D eigenvalue weighted by Crippen LogP contribution is -2.37. The summed E-state index contributed by atoms with van der Waals surface area (Å²) in [5, 5.41) is 27.4. The van der Waals surface area contributed by atoms with Crippen LogP contribution in [0.5, 0.6) is 0 Å². The van der Waals surface area contributed by atoms with Crippen LogP contribution in [0.1, 0.15) is 61.1 Å². The van der Waals surface area contributed by atoms with Crippen LogP contribution < -0.4 is 16.0 Å². The van der Waals surface area contributed by atoms with Crippen LogP contribution in [0, 0.1) is 11.3 Å². The summed E-state index contributed by atoms with van der Waals surface area (Å²) in [4.78, 5) is 23.2. The molecule has 2 saturated heterocycles. The Bertz CT molecular complexity index is 945. The van der Waals surface area contributed by atoms with Gasteiger partial charge in [-0.1, -0.05) is 6.42 Å². The molecule has 10 heteroatoms. The van der Waals surface area contributed by atoms with Crippen molar-refractivity contribution in [3.05, 3.63) is 29.8 Å². The van der Waals surface area contributed by atoms with E-state index in [1.807, 2.05) is 11.0 Å². The van der Waals surface area contributed by atoms with Gasteiger partial charge < -0.3 is 20.9 Å². The highest BCUT2D eigenvalue weighted by molar-refractivity contribution is 5.98. The lowest BCUT2D eigenvalue weighted by molar-refractivity contribution is 0.0718. The summed E-state index contributed by atoms with van der Waals surface area (Å²) in [6.07, 6.45) is 10.7. The number of hydrogen-bond donors (Lipinski definition) is 3. The molecule has 4 heterocycles. The molecule has 1 amide bonds. The summed E-state index contributed by atoms with van der Waals surface area (Å²) in [7, 11) is 0. The number of likely N-dealkylation sites (tertiary alicyclic amines) is 1. The lowest BCUT2D eigenvalue weighted by atomic mass is 10.0. The first kappa shape index (κ1) is 21.9. The van der Waals surface area contributed by atoms with Gasteiger partial charge >= 0.3 is 0 Å². The molecule has 2 fully saturated rings. The molecule has 10 nitrogen and oxygen atoms in total. The van der Waals surface area contributed by atoms with Crippen molar-refractivity contribution in [1.29, 1.82) is 5.26 Å². The zero-order chi connectivity index (χ0) is 22.2. The molecule has 0 spiro atoms. The van der Waals surface area contributed by atoms with E-state index in [-0.39, 0.29) is 11.6 Å². The van der Waals surface area contributed by atoms with E-state index in [1.54, 1.807) is 6.07 Å². The average Bonchev–Trinajstić information content (AvgIpc) is 2.85. The minimum Gasteiger partial charge on any atom is -0.383 e. The maximum Gasteiger partial charge on any atom is 0.276 e. The van der Waals surface area contributed by atoms with E-state index in [4.69, 9.17) is 5.26 Å². The fourth-order valence-corrected chi connectivity index (χ4v) is 4.13. The maximum atomic E-state index is 13.1. The van der Waals surface area contributed by atoms with Gasteiger partial charge in [-0.3, -0.25) is 4.79 Å². The Balaban J connectivity index is 1.49. The standard InChI is InChI=1S/C22H29N9O/c23-13-17-14-27-20(15-26-17)28-19-12-18(25-9-7-16-6-2-3-8-24-16)21(30-29-19)22(32)31-10-4-1-5-11-31/h12,14-16,24H,1-11H2,(H2,25,27,28,29). The van der Waals surface area contributed by atoms with Crippen molar-refractivity contribution < 1.29 is 4.79 Å². The summed E-state index contributed by atoms with van der Waals surface area (Å²) in [5.74, 6) is 0.823. The summed E-state index contributed by atoms with van der Waals surface area (Å²) < 4.78 is 0. The SMILES string of the molecule is N#Cc1cnc(Nc2cc(NCCC3CCCCN3)c(C(=O)N3CCCCC3)nn2)cn1. The van der Waals surface area contributed by atoms with Gasteiger partial charge in [0.15, 0.2) is 17.2 Å². The van der Waals surface area contributed by atoms with Gasteiger partial charge in [-0.05, 0) is 45.1 Å². The second-order valence-electron chi connectivity index (χ2n) is 8.23. The second kappa shape index (κ2) is 10.8. The molecule has 4 rings (SSSR count). The molecule has 32 heavy (non-hydrogen) atoms. The molecular weight excluding hydrogens is 406 g/mol. The third-order valence-electron chi connectivity index (χ3n) is 5.88. The molecule has 0 saturated carbocycles. The van der Waals surface area contributed by atoms with E-state index in [9.17, 15) is 4.79 Å². The quantitative estimate of drug-likeness (QED) is 0.600. The fraction of sp³-hybridized carbons (Fsp3) is 0.545.